The maximum absolute atomic E-state index is 12.8. The van der Waals surface area contributed by atoms with Gasteiger partial charge in [0.1, 0.15) is 18.1 Å². The third-order valence-electron chi connectivity index (χ3n) is 5.79. The molecule has 2 aromatic carbocycles. The van der Waals surface area contributed by atoms with Gasteiger partial charge in [0.05, 0.1) is 18.6 Å². The predicted octanol–water partition coefficient (Wildman–Crippen LogP) is 3.38. The van der Waals surface area contributed by atoms with E-state index in [1.54, 1.807) is 12.3 Å². The fourth-order valence-corrected chi connectivity index (χ4v) is 3.86. The molecule has 0 atom stereocenters. The highest BCUT2D eigenvalue weighted by molar-refractivity contribution is 5.58. The van der Waals surface area contributed by atoms with E-state index in [1.165, 1.54) is 4.57 Å². The zero-order valence-corrected chi connectivity index (χ0v) is 19.8. The third kappa shape index (κ3) is 6.30. The molecule has 0 aliphatic rings. The zero-order chi connectivity index (χ0) is 24.6. The van der Waals surface area contributed by atoms with Crippen molar-refractivity contribution in [3.8, 4) is 17.1 Å². The van der Waals surface area contributed by atoms with Crippen molar-refractivity contribution in [2.75, 3.05) is 37.4 Å². The maximum Gasteiger partial charge on any atom is 0.255 e. The Morgan fingerprint density at radius 3 is 2.63 bits per heavy atom. The van der Waals surface area contributed by atoms with Crippen LogP contribution in [0.4, 0.5) is 11.6 Å². The Hall–Kier alpha value is -4.04. The zero-order valence-electron chi connectivity index (χ0n) is 19.8. The molecule has 2 heterocycles. The molecular weight excluding hydrogens is 444 g/mol. The van der Waals surface area contributed by atoms with Gasteiger partial charge < -0.3 is 24.9 Å². The summed E-state index contributed by atoms with van der Waals surface area (Å²) in [5, 5.41) is 8.86. The second kappa shape index (κ2) is 11.4. The van der Waals surface area contributed by atoms with Crippen LogP contribution in [-0.4, -0.2) is 41.5 Å². The highest BCUT2D eigenvalue weighted by atomic mass is 16.5. The molecule has 0 aliphatic carbocycles. The molecule has 4 aromatic rings. The molecule has 0 aliphatic heterocycles. The van der Waals surface area contributed by atoms with E-state index in [4.69, 9.17) is 20.0 Å². The smallest absolute Gasteiger partial charge is 0.255 e. The number of aryl methyl sites for hydroxylation is 2. The second-order valence-electron chi connectivity index (χ2n) is 8.26. The van der Waals surface area contributed by atoms with E-state index in [2.05, 4.69) is 17.1 Å². The van der Waals surface area contributed by atoms with Crippen LogP contribution in [0.2, 0.25) is 0 Å². The molecule has 0 unspecified atom stereocenters. The van der Waals surface area contributed by atoms with Gasteiger partial charge in [-0.2, -0.15) is 0 Å². The van der Waals surface area contributed by atoms with Crippen LogP contribution in [0, 0.1) is 0 Å². The molecule has 0 amide bonds. The van der Waals surface area contributed by atoms with Crippen molar-refractivity contribution in [2.45, 2.75) is 19.4 Å². The van der Waals surface area contributed by atoms with Crippen LogP contribution >= 0.6 is 0 Å². The van der Waals surface area contributed by atoms with Crippen molar-refractivity contribution in [3.05, 3.63) is 94.6 Å². The lowest BCUT2D eigenvalue weighted by molar-refractivity contribution is 0.201. The minimum atomic E-state index is -0.155. The number of likely N-dealkylation sites (N-methyl/N-ethyl adjacent to an activating group) is 1. The molecule has 8 nitrogen and oxygen atoms in total. The number of aliphatic hydroxyl groups is 1. The molecule has 0 bridgehead atoms. The number of benzene rings is 2. The summed E-state index contributed by atoms with van der Waals surface area (Å²) in [5.74, 6) is 1.75. The van der Waals surface area contributed by atoms with Gasteiger partial charge in [-0.1, -0.05) is 18.2 Å². The van der Waals surface area contributed by atoms with Crippen LogP contribution in [-0.2, 0) is 19.4 Å². The molecule has 0 spiro atoms. The van der Waals surface area contributed by atoms with Gasteiger partial charge in [0.25, 0.3) is 5.56 Å². The van der Waals surface area contributed by atoms with E-state index in [9.17, 15) is 4.79 Å². The fraction of sp³-hybridized carbons (Fsp3) is 0.259. The molecule has 4 rings (SSSR count). The quantitative estimate of drug-likeness (QED) is 0.343. The van der Waals surface area contributed by atoms with Crippen molar-refractivity contribution in [3.63, 3.8) is 0 Å². The number of rotatable bonds is 11. The summed E-state index contributed by atoms with van der Waals surface area (Å²) in [6, 6.07) is 21.1. The lowest BCUT2D eigenvalue weighted by Gasteiger charge is -2.21. The van der Waals surface area contributed by atoms with E-state index in [0.29, 0.717) is 31.0 Å². The van der Waals surface area contributed by atoms with Crippen molar-refractivity contribution >= 4 is 11.6 Å². The first kappa shape index (κ1) is 24.1. The fourth-order valence-electron chi connectivity index (χ4n) is 3.86. The number of furan rings is 1. The maximum atomic E-state index is 12.8. The van der Waals surface area contributed by atoms with E-state index < -0.39 is 0 Å². The molecule has 0 fully saturated rings. The first-order chi connectivity index (χ1) is 17.0. The van der Waals surface area contributed by atoms with Crippen molar-refractivity contribution in [1.29, 1.82) is 0 Å². The Labute approximate surface area is 204 Å². The number of anilines is 2. The van der Waals surface area contributed by atoms with Gasteiger partial charge in [0.15, 0.2) is 0 Å². The Morgan fingerprint density at radius 1 is 1.09 bits per heavy atom. The number of aliphatic hydroxyl groups excluding tert-OH is 1. The Morgan fingerprint density at radius 2 is 1.91 bits per heavy atom. The number of nitrogens with two attached hydrogens (primary N) is 1. The van der Waals surface area contributed by atoms with Gasteiger partial charge in [-0.05, 0) is 60.9 Å². The van der Waals surface area contributed by atoms with Gasteiger partial charge in [0.2, 0.25) is 5.95 Å². The first-order valence-corrected chi connectivity index (χ1v) is 11.6. The van der Waals surface area contributed by atoms with Gasteiger partial charge in [-0.3, -0.25) is 9.36 Å². The van der Waals surface area contributed by atoms with Gasteiger partial charge in [-0.15, -0.1) is 0 Å². The lowest BCUT2D eigenvalue weighted by atomic mass is 10.0. The van der Waals surface area contributed by atoms with Crippen LogP contribution in [0.1, 0.15) is 11.3 Å². The Kier molecular flexibility index (Phi) is 7.84. The average molecular weight is 475 g/mol. The number of ether oxygens (including phenoxy) is 1. The number of nitrogens with zero attached hydrogens (tertiary/aromatic N) is 3. The summed E-state index contributed by atoms with van der Waals surface area (Å²) in [4.78, 5) is 19.3. The largest absolute Gasteiger partial charge is 0.491 e. The number of hydrogen-bond donors (Lipinski definition) is 2. The SMILES string of the molecule is CN(CCn1c(N)nc(CCc2cccc(-c3ccco3)c2)cc1=O)c1ccc(OCCO)cc1. The van der Waals surface area contributed by atoms with Crippen molar-refractivity contribution < 1.29 is 14.3 Å². The van der Waals surface area contributed by atoms with E-state index in [-0.39, 0.29) is 24.7 Å². The summed E-state index contributed by atoms with van der Waals surface area (Å²) in [6.07, 6.45) is 3.02. The molecule has 0 radical (unpaired) electrons. The number of nitrogen functional groups attached to an aromatic ring is 1. The summed E-state index contributed by atoms with van der Waals surface area (Å²) in [6.45, 7) is 1.24. The molecule has 2 aromatic heterocycles. The standard InChI is InChI=1S/C27H30N4O4/c1-30(23-9-11-24(12-10-23)34-17-15-32)13-14-31-26(33)19-22(29-27(31)28)8-7-20-4-2-5-21(18-20)25-6-3-16-35-25/h2-6,9-12,16,18-19,32H,7-8,13-15,17H2,1H3,(H2,28,29). The predicted molar refractivity (Wildman–Crippen MR) is 137 cm³/mol. The van der Waals surface area contributed by atoms with Crippen molar-refractivity contribution in [1.82, 2.24) is 9.55 Å². The molecule has 0 saturated heterocycles. The van der Waals surface area contributed by atoms with Gasteiger partial charge >= 0.3 is 0 Å². The van der Waals surface area contributed by atoms with Crippen LogP contribution in [0.15, 0.2) is 82.2 Å². The van der Waals surface area contributed by atoms with Crippen molar-refractivity contribution in [2.24, 2.45) is 0 Å². The van der Waals surface area contributed by atoms with Crippen LogP contribution in [0.25, 0.3) is 11.3 Å². The first-order valence-electron chi connectivity index (χ1n) is 11.6. The summed E-state index contributed by atoms with van der Waals surface area (Å²) >= 11 is 0. The lowest BCUT2D eigenvalue weighted by Crippen LogP contribution is -2.31. The molecule has 8 heteroatoms. The summed E-state index contributed by atoms with van der Waals surface area (Å²) < 4.78 is 12.4. The highest BCUT2D eigenvalue weighted by Gasteiger charge is 2.09. The number of aromatic nitrogens is 2. The normalized spacial score (nSPS) is 10.9. The minimum Gasteiger partial charge on any atom is -0.491 e. The monoisotopic (exact) mass is 474 g/mol. The highest BCUT2D eigenvalue weighted by Crippen LogP contribution is 2.21. The van der Waals surface area contributed by atoms with Gasteiger partial charge in [0, 0.05) is 37.5 Å². The van der Waals surface area contributed by atoms with E-state index in [1.807, 2.05) is 60.5 Å². The Balaban J connectivity index is 1.35. The second-order valence-corrected chi connectivity index (χ2v) is 8.26. The van der Waals surface area contributed by atoms with Crippen LogP contribution < -0.4 is 20.9 Å². The van der Waals surface area contributed by atoms with E-state index in [0.717, 1.165) is 29.0 Å². The van der Waals surface area contributed by atoms with E-state index >= 15 is 0 Å². The number of hydrogen-bond acceptors (Lipinski definition) is 7. The molecular formula is C27H30N4O4. The summed E-state index contributed by atoms with van der Waals surface area (Å²) in [7, 11) is 1.95. The molecule has 182 valence electrons. The molecule has 0 saturated carbocycles. The molecule has 35 heavy (non-hydrogen) atoms. The summed E-state index contributed by atoms with van der Waals surface area (Å²) in [5.41, 5.74) is 9.82. The van der Waals surface area contributed by atoms with Crippen LogP contribution in [0.5, 0.6) is 5.75 Å². The average Bonchev–Trinajstić information content (AvgIpc) is 3.41. The molecule has 3 N–H and O–H groups in total. The van der Waals surface area contributed by atoms with Gasteiger partial charge in [-0.25, -0.2) is 4.98 Å². The third-order valence-corrected chi connectivity index (χ3v) is 5.79. The Bertz CT molecular complexity index is 1280. The topological polar surface area (TPSA) is 107 Å². The van der Waals surface area contributed by atoms with Crippen LogP contribution in [0.3, 0.4) is 0 Å². The minimum absolute atomic E-state index is 0.0242.